The van der Waals surface area contributed by atoms with Crippen molar-refractivity contribution < 1.29 is 4.79 Å². The van der Waals surface area contributed by atoms with Crippen molar-refractivity contribution in [3.05, 3.63) is 24.3 Å². The molecule has 1 amide bonds. The van der Waals surface area contributed by atoms with Crippen LogP contribution in [-0.4, -0.2) is 29.6 Å². The van der Waals surface area contributed by atoms with E-state index in [4.69, 9.17) is 5.73 Å². The molecule has 1 atom stereocenters. The molecule has 1 saturated heterocycles. The number of piperidine rings is 1. The third-order valence-electron chi connectivity index (χ3n) is 3.28. The van der Waals surface area contributed by atoms with Gasteiger partial charge in [-0.3, -0.25) is 4.79 Å². The zero-order valence-corrected chi connectivity index (χ0v) is 11.6. The number of rotatable bonds is 3. The Kier molecular flexibility index (Phi) is 4.53. The number of carbonyl (C=O) groups excluding carboxylic acids is 1. The monoisotopic (exact) mass is 264 g/mol. The summed E-state index contributed by atoms with van der Waals surface area (Å²) in [5.41, 5.74) is 6.61. The van der Waals surface area contributed by atoms with Gasteiger partial charge in [0.2, 0.25) is 5.91 Å². The van der Waals surface area contributed by atoms with E-state index in [0.29, 0.717) is 11.7 Å². The Balaban J connectivity index is 1.86. The van der Waals surface area contributed by atoms with Gasteiger partial charge in [0.15, 0.2) is 0 Å². The maximum Gasteiger partial charge on any atom is 0.232 e. The van der Waals surface area contributed by atoms with Crippen LogP contribution >= 0.6 is 11.8 Å². The highest BCUT2D eigenvalue weighted by atomic mass is 32.2. The van der Waals surface area contributed by atoms with Crippen LogP contribution in [0, 0.1) is 5.92 Å². The Morgan fingerprint density at radius 2 is 2.28 bits per heavy atom. The van der Waals surface area contributed by atoms with E-state index in [1.807, 2.05) is 29.2 Å². The average molecular weight is 264 g/mol. The van der Waals surface area contributed by atoms with Crippen LogP contribution in [0.25, 0.3) is 0 Å². The van der Waals surface area contributed by atoms with Crippen molar-refractivity contribution >= 4 is 23.4 Å². The number of hydrogen-bond acceptors (Lipinski definition) is 3. The SMILES string of the molecule is CC1CCCN(C(=O)CSc2ccccc2N)C1. The zero-order chi connectivity index (χ0) is 13.0. The van der Waals surface area contributed by atoms with Crippen molar-refractivity contribution in [3.63, 3.8) is 0 Å². The number of amides is 1. The molecule has 18 heavy (non-hydrogen) atoms. The fourth-order valence-electron chi connectivity index (χ4n) is 2.26. The van der Waals surface area contributed by atoms with Gasteiger partial charge in [0.1, 0.15) is 0 Å². The van der Waals surface area contributed by atoms with E-state index in [1.165, 1.54) is 18.2 Å². The number of benzene rings is 1. The molecule has 2 N–H and O–H groups in total. The molecule has 2 rings (SSSR count). The summed E-state index contributed by atoms with van der Waals surface area (Å²) in [6.45, 7) is 4.03. The molecule has 1 aliphatic heterocycles. The number of hydrogen-bond donors (Lipinski definition) is 1. The number of carbonyl (C=O) groups is 1. The molecule has 1 aromatic rings. The van der Waals surface area contributed by atoms with Crippen molar-refractivity contribution in [2.24, 2.45) is 5.92 Å². The van der Waals surface area contributed by atoms with Crippen LogP contribution in [0.15, 0.2) is 29.2 Å². The molecule has 0 spiro atoms. The number of thioether (sulfide) groups is 1. The van der Waals surface area contributed by atoms with Gasteiger partial charge in [-0.05, 0) is 30.9 Å². The van der Waals surface area contributed by atoms with Crippen LogP contribution in [0.2, 0.25) is 0 Å². The van der Waals surface area contributed by atoms with Crippen molar-refractivity contribution in [3.8, 4) is 0 Å². The van der Waals surface area contributed by atoms with Crippen LogP contribution in [0.4, 0.5) is 5.69 Å². The molecule has 1 fully saturated rings. The molecule has 98 valence electrons. The van der Waals surface area contributed by atoms with Gasteiger partial charge in [-0.2, -0.15) is 0 Å². The minimum Gasteiger partial charge on any atom is -0.398 e. The van der Waals surface area contributed by atoms with E-state index >= 15 is 0 Å². The summed E-state index contributed by atoms with van der Waals surface area (Å²) >= 11 is 1.53. The van der Waals surface area contributed by atoms with Gasteiger partial charge in [-0.1, -0.05) is 19.1 Å². The largest absolute Gasteiger partial charge is 0.398 e. The number of likely N-dealkylation sites (tertiary alicyclic amines) is 1. The number of nitrogens with two attached hydrogens (primary N) is 1. The lowest BCUT2D eigenvalue weighted by Gasteiger charge is -2.30. The molecule has 0 saturated carbocycles. The molecule has 1 heterocycles. The summed E-state index contributed by atoms with van der Waals surface area (Å²) in [5.74, 6) is 1.35. The van der Waals surface area contributed by atoms with Gasteiger partial charge in [-0.15, -0.1) is 11.8 Å². The highest BCUT2D eigenvalue weighted by molar-refractivity contribution is 8.00. The molecule has 0 radical (unpaired) electrons. The maximum absolute atomic E-state index is 12.1. The van der Waals surface area contributed by atoms with Crippen LogP contribution in [-0.2, 0) is 4.79 Å². The van der Waals surface area contributed by atoms with Crippen molar-refractivity contribution in [2.45, 2.75) is 24.7 Å². The third-order valence-corrected chi connectivity index (χ3v) is 4.35. The standard InChI is InChI=1S/C14H20N2OS/c1-11-5-4-8-16(9-11)14(17)10-18-13-7-3-2-6-12(13)15/h2-3,6-7,11H,4-5,8-10,15H2,1H3. The first-order valence-electron chi connectivity index (χ1n) is 6.42. The molecular formula is C14H20N2OS. The van der Waals surface area contributed by atoms with Crippen LogP contribution in [0.1, 0.15) is 19.8 Å². The van der Waals surface area contributed by atoms with Crippen LogP contribution in [0.5, 0.6) is 0 Å². The molecule has 0 bridgehead atoms. The maximum atomic E-state index is 12.1. The van der Waals surface area contributed by atoms with Crippen molar-refractivity contribution in [1.29, 1.82) is 0 Å². The molecule has 1 unspecified atom stereocenters. The molecule has 1 aromatic carbocycles. The summed E-state index contributed by atoms with van der Waals surface area (Å²) in [6, 6.07) is 7.70. The fourth-order valence-corrected chi connectivity index (χ4v) is 3.13. The Morgan fingerprint density at radius 3 is 3.00 bits per heavy atom. The van der Waals surface area contributed by atoms with Crippen LogP contribution < -0.4 is 5.73 Å². The first-order valence-corrected chi connectivity index (χ1v) is 7.40. The van der Waals surface area contributed by atoms with Gasteiger partial charge in [0.25, 0.3) is 0 Å². The highest BCUT2D eigenvalue weighted by Crippen LogP contribution is 2.25. The van der Waals surface area contributed by atoms with Gasteiger partial charge in [0.05, 0.1) is 5.75 Å². The second-order valence-electron chi connectivity index (χ2n) is 4.91. The summed E-state index contributed by atoms with van der Waals surface area (Å²) in [5, 5.41) is 0. The minimum absolute atomic E-state index is 0.231. The normalized spacial score (nSPS) is 19.8. The van der Waals surface area contributed by atoms with E-state index in [1.54, 1.807) is 0 Å². The summed E-state index contributed by atoms with van der Waals surface area (Å²) in [6.07, 6.45) is 2.37. The first-order chi connectivity index (χ1) is 8.66. The number of nitrogen functional groups attached to an aromatic ring is 1. The zero-order valence-electron chi connectivity index (χ0n) is 10.8. The number of nitrogens with zero attached hydrogens (tertiary/aromatic N) is 1. The van der Waals surface area contributed by atoms with Crippen LogP contribution in [0.3, 0.4) is 0 Å². The van der Waals surface area contributed by atoms with Gasteiger partial charge in [0, 0.05) is 23.7 Å². The molecule has 0 aromatic heterocycles. The van der Waals surface area contributed by atoms with E-state index in [-0.39, 0.29) is 5.91 Å². The smallest absolute Gasteiger partial charge is 0.232 e. The Morgan fingerprint density at radius 1 is 1.50 bits per heavy atom. The second kappa shape index (κ2) is 6.14. The summed E-state index contributed by atoms with van der Waals surface area (Å²) in [7, 11) is 0. The lowest BCUT2D eigenvalue weighted by atomic mass is 10.0. The minimum atomic E-state index is 0.231. The predicted molar refractivity (Wildman–Crippen MR) is 76.6 cm³/mol. The van der Waals surface area contributed by atoms with Crippen molar-refractivity contribution in [2.75, 3.05) is 24.6 Å². The van der Waals surface area contributed by atoms with Gasteiger partial charge in [-0.25, -0.2) is 0 Å². The third kappa shape index (κ3) is 3.42. The number of para-hydroxylation sites is 1. The lowest BCUT2D eigenvalue weighted by molar-refractivity contribution is -0.130. The summed E-state index contributed by atoms with van der Waals surface area (Å²) < 4.78 is 0. The molecule has 1 aliphatic rings. The lowest BCUT2D eigenvalue weighted by Crippen LogP contribution is -2.40. The molecule has 3 nitrogen and oxygen atoms in total. The Labute approximate surface area is 113 Å². The van der Waals surface area contributed by atoms with Gasteiger partial charge < -0.3 is 10.6 Å². The first kappa shape index (κ1) is 13.3. The van der Waals surface area contributed by atoms with E-state index < -0.39 is 0 Å². The average Bonchev–Trinajstić information content (AvgIpc) is 2.37. The van der Waals surface area contributed by atoms with E-state index in [0.717, 1.165) is 30.1 Å². The molecular weight excluding hydrogens is 244 g/mol. The quantitative estimate of drug-likeness (QED) is 0.674. The second-order valence-corrected chi connectivity index (χ2v) is 5.93. The Hall–Kier alpha value is -1.16. The predicted octanol–water partition coefficient (Wildman–Crippen LogP) is 2.62. The number of anilines is 1. The van der Waals surface area contributed by atoms with E-state index in [2.05, 4.69) is 6.92 Å². The molecule has 0 aliphatic carbocycles. The fraction of sp³-hybridized carbons (Fsp3) is 0.500. The Bertz CT molecular complexity index is 422. The highest BCUT2D eigenvalue weighted by Gasteiger charge is 2.20. The van der Waals surface area contributed by atoms with Crippen molar-refractivity contribution in [1.82, 2.24) is 4.90 Å². The van der Waals surface area contributed by atoms with E-state index in [9.17, 15) is 4.79 Å². The topological polar surface area (TPSA) is 46.3 Å². The summed E-state index contributed by atoms with van der Waals surface area (Å²) in [4.78, 5) is 15.1. The molecule has 4 heteroatoms. The van der Waals surface area contributed by atoms with Gasteiger partial charge >= 0.3 is 0 Å².